The van der Waals surface area contributed by atoms with E-state index in [0.717, 1.165) is 16.9 Å². The van der Waals surface area contributed by atoms with Crippen LogP contribution in [0.15, 0.2) is 24.3 Å². The number of hydrogen-bond donors (Lipinski definition) is 1. The number of rotatable bonds is 8. The standard InChI is InChI=1S/C21H26N4O4/c1-6-29-20(27)13-24(4)12-19(26)23-21-18(11-22)14(2)15(3)25(21)16-7-9-17(28-5)10-8-16/h7-10H,6,12-13H2,1-5H3,(H,23,26). The number of anilines is 1. The van der Waals surface area contributed by atoms with Crippen molar-refractivity contribution in [3.63, 3.8) is 0 Å². The van der Waals surface area contributed by atoms with Gasteiger partial charge >= 0.3 is 5.97 Å². The van der Waals surface area contributed by atoms with E-state index < -0.39 is 5.97 Å². The van der Waals surface area contributed by atoms with Crippen molar-refractivity contribution < 1.29 is 19.1 Å². The predicted octanol–water partition coefficient (Wildman–Crippen LogP) is 2.41. The number of nitrogens with one attached hydrogen (secondary N) is 1. The van der Waals surface area contributed by atoms with Crippen molar-refractivity contribution in [2.24, 2.45) is 0 Å². The summed E-state index contributed by atoms with van der Waals surface area (Å²) in [4.78, 5) is 25.7. The third kappa shape index (κ3) is 5.15. The number of nitriles is 1. The monoisotopic (exact) mass is 398 g/mol. The zero-order chi connectivity index (χ0) is 21.6. The zero-order valence-electron chi connectivity index (χ0n) is 17.4. The lowest BCUT2D eigenvalue weighted by atomic mass is 10.2. The first-order valence-electron chi connectivity index (χ1n) is 9.22. The first kappa shape index (κ1) is 22.0. The van der Waals surface area contributed by atoms with Crippen LogP contribution in [0.1, 0.15) is 23.7 Å². The second kappa shape index (κ2) is 9.75. The number of benzene rings is 1. The van der Waals surface area contributed by atoms with Gasteiger partial charge in [-0.05, 0) is 57.6 Å². The van der Waals surface area contributed by atoms with Crippen LogP contribution in [0.25, 0.3) is 5.69 Å². The van der Waals surface area contributed by atoms with Crippen molar-refractivity contribution >= 4 is 17.7 Å². The molecule has 8 heteroatoms. The average molecular weight is 398 g/mol. The molecule has 1 amide bonds. The Balaban J connectivity index is 2.29. The molecule has 0 radical (unpaired) electrons. The Labute approximate surface area is 170 Å². The minimum atomic E-state index is -0.395. The highest BCUT2D eigenvalue weighted by Gasteiger charge is 2.21. The van der Waals surface area contributed by atoms with Crippen LogP contribution >= 0.6 is 0 Å². The molecule has 0 atom stereocenters. The predicted molar refractivity (Wildman–Crippen MR) is 109 cm³/mol. The lowest BCUT2D eigenvalue weighted by Crippen LogP contribution is -2.35. The normalized spacial score (nSPS) is 10.5. The van der Waals surface area contributed by atoms with Crippen LogP contribution in [0.5, 0.6) is 5.75 Å². The summed E-state index contributed by atoms with van der Waals surface area (Å²) in [5.74, 6) is 0.388. The molecule has 1 heterocycles. The van der Waals surface area contributed by atoms with E-state index in [0.29, 0.717) is 23.7 Å². The van der Waals surface area contributed by atoms with Crippen molar-refractivity contribution in [2.75, 3.05) is 39.2 Å². The molecule has 0 saturated carbocycles. The van der Waals surface area contributed by atoms with Crippen LogP contribution in [0, 0.1) is 25.2 Å². The number of carbonyl (C=O) groups is 2. The van der Waals surface area contributed by atoms with Crippen molar-refractivity contribution in [1.82, 2.24) is 9.47 Å². The fourth-order valence-electron chi connectivity index (χ4n) is 3.01. The minimum Gasteiger partial charge on any atom is -0.497 e. The van der Waals surface area contributed by atoms with Crippen LogP contribution in [0.4, 0.5) is 5.82 Å². The number of nitrogens with zero attached hydrogens (tertiary/aromatic N) is 3. The van der Waals surface area contributed by atoms with E-state index in [1.165, 1.54) is 0 Å². The Morgan fingerprint density at radius 1 is 1.21 bits per heavy atom. The van der Waals surface area contributed by atoms with Gasteiger partial charge in [0.2, 0.25) is 5.91 Å². The van der Waals surface area contributed by atoms with Crippen LogP contribution in [0.3, 0.4) is 0 Å². The molecule has 2 rings (SSSR count). The van der Waals surface area contributed by atoms with Crippen LogP contribution in [-0.2, 0) is 14.3 Å². The van der Waals surface area contributed by atoms with Gasteiger partial charge in [-0.1, -0.05) is 0 Å². The van der Waals surface area contributed by atoms with Gasteiger partial charge in [-0.15, -0.1) is 0 Å². The highest BCUT2D eigenvalue weighted by molar-refractivity contribution is 5.94. The SMILES string of the molecule is CCOC(=O)CN(C)CC(=O)Nc1c(C#N)c(C)c(C)n1-c1ccc(OC)cc1. The second-order valence-corrected chi connectivity index (χ2v) is 6.60. The number of amides is 1. The van der Waals surface area contributed by atoms with Crippen LogP contribution in [-0.4, -0.2) is 55.2 Å². The highest BCUT2D eigenvalue weighted by atomic mass is 16.5. The fourth-order valence-corrected chi connectivity index (χ4v) is 3.01. The summed E-state index contributed by atoms with van der Waals surface area (Å²) in [6, 6.07) is 9.52. The van der Waals surface area contributed by atoms with E-state index >= 15 is 0 Å². The molecule has 0 saturated heterocycles. The molecule has 2 aromatic rings. The zero-order valence-corrected chi connectivity index (χ0v) is 17.4. The maximum Gasteiger partial charge on any atom is 0.320 e. The molecule has 0 fully saturated rings. The van der Waals surface area contributed by atoms with Gasteiger partial charge in [0.1, 0.15) is 17.6 Å². The molecule has 29 heavy (non-hydrogen) atoms. The smallest absolute Gasteiger partial charge is 0.320 e. The molecule has 1 aromatic heterocycles. The first-order valence-corrected chi connectivity index (χ1v) is 9.22. The second-order valence-electron chi connectivity index (χ2n) is 6.60. The Hall–Kier alpha value is -3.31. The van der Waals surface area contributed by atoms with E-state index in [1.807, 2.05) is 42.7 Å². The number of esters is 1. The largest absolute Gasteiger partial charge is 0.497 e. The quantitative estimate of drug-likeness (QED) is 0.686. The summed E-state index contributed by atoms with van der Waals surface area (Å²) >= 11 is 0. The fraction of sp³-hybridized carbons (Fsp3) is 0.381. The van der Waals surface area contributed by atoms with E-state index in [9.17, 15) is 14.9 Å². The van der Waals surface area contributed by atoms with Gasteiger partial charge in [-0.25, -0.2) is 0 Å². The third-order valence-corrected chi connectivity index (χ3v) is 4.53. The topological polar surface area (TPSA) is 96.6 Å². The van der Waals surface area contributed by atoms with Crippen LogP contribution < -0.4 is 10.1 Å². The Morgan fingerprint density at radius 3 is 2.41 bits per heavy atom. The summed E-state index contributed by atoms with van der Waals surface area (Å²) < 4.78 is 11.9. The summed E-state index contributed by atoms with van der Waals surface area (Å²) in [7, 11) is 3.24. The lowest BCUT2D eigenvalue weighted by molar-refractivity contribution is -0.144. The summed E-state index contributed by atoms with van der Waals surface area (Å²) in [6.45, 7) is 5.74. The van der Waals surface area contributed by atoms with Gasteiger partial charge in [0.05, 0.1) is 32.4 Å². The van der Waals surface area contributed by atoms with E-state index in [-0.39, 0.29) is 19.0 Å². The summed E-state index contributed by atoms with van der Waals surface area (Å²) in [5, 5.41) is 12.5. The minimum absolute atomic E-state index is 0.00388. The number of aromatic nitrogens is 1. The molecule has 8 nitrogen and oxygen atoms in total. The van der Waals surface area contributed by atoms with E-state index in [1.54, 1.807) is 26.0 Å². The number of methoxy groups -OCH3 is 1. The molecule has 1 aromatic carbocycles. The van der Waals surface area contributed by atoms with Crippen molar-refractivity contribution in [2.45, 2.75) is 20.8 Å². The number of likely N-dealkylation sites (N-methyl/N-ethyl adjacent to an activating group) is 1. The van der Waals surface area contributed by atoms with Gasteiger partial charge in [-0.3, -0.25) is 19.1 Å². The van der Waals surface area contributed by atoms with Gasteiger partial charge in [0.15, 0.2) is 0 Å². The molecule has 0 spiro atoms. The van der Waals surface area contributed by atoms with Gasteiger partial charge in [-0.2, -0.15) is 5.26 Å². The molecule has 0 unspecified atom stereocenters. The van der Waals surface area contributed by atoms with Gasteiger partial charge in [0.25, 0.3) is 0 Å². The van der Waals surface area contributed by atoms with E-state index in [4.69, 9.17) is 9.47 Å². The van der Waals surface area contributed by atoms with Crippen LogP contribution in [0.2, 0.25) is 0 Å². The van der Waals surface area contributed by atoms with Gasteiger partial charge < -0.3 is 14.8 Å². The molecular weight excluding hydrogens is 372 g/mol. The maximum atomic E-state index is 12.6. The highest BCUT2D eigenvalue weighted by Crippen LogP contribution is 2.30. The third-order valence-electron chi connectivity index (χ3n) is 4.53. The molecule has 0 bridgehead atoms. The number of hydrogen-bond acceptors (Lipinski definition) is 6. The van der Waals surface area contributed by atoms with Crippen molar-refractivity contribution in [3.05, 3.63) is 41.1 Å². The first-order chi connectivity index (χ1) is 13.8. The van der Waals surface area contributed by atoms with Gasteiger partial charge in [0, 0.05) is 11.4 Å². The Morgan fingerprint density at radius 2 is 1.86 bits per heavy atom. The molecule has 1 N–H and O–H groups in total. The Kier molecular flexibility index (Phi) is 7.39. The molecule has 0 aliphatic heterocycles. The molecule has 0 aliphatic rings. The Bertz CT molecular complexity index is 926. The molecular formula is C21H26N4O4. The van der Waals surface area contributed by atoms with Crippen molar-refractivity contribution in [3.8, 4) is 17.5 Å². The number of ether oxygens (including phenoxy) is 2. The summed E-state index contributed by atoms with van der Waals surface area (Å²) in [6.07, 6.45) is 0. The average Bonchev–Trinajstić information content (AvgIpc) is 2.91. The maximum absolute atomic E-state index is 12.6. The molecule has 154 valence electrons. The molecule has 0 aliphatic carbocycles. The van der Waals surface area contributed by atoms with E-state index in [2.05, 4.69) is 11.4 Å². The number of carbonyl (C=O) groups excluding carboxylic acids is 2. The van der Waals surface area contributed by atoms with Crippen molar-refractivity contribution in [1.29, 1.82) is 5.26 Å². The summed E-state index contributed by atoms with van der Waals surface area (Å²) in [5.41, 5.74) is 2.84. The lowest BCUT2D eigenvalue weighted by Gasteiger charge is -2.17.